The normalized spacial score (nSPS) is 16.4. The van der Waals surface area contributed by atoms with Crippen molar-refractivity contribution in [1.82, 2.24) is 4.98 Å². The predicted octanol–water partition coefficient (Wildman–Crippen LogP) is 0.594. The van der Waals surface area contributed by atoms with E-state index in [1.165, 1.54) is 7.11 Å². The van der Waals surface area contributed by atoms with Gasteiger partial charge < -0.3 is 20.7 Å². The first kappa shape index (κ1) is 13.8. The van der Waals surface area contributed by atoms with Gasteiger partial charge in [-0.25, -0.2) is 4.98 Å². The number of rotatable bonds is 5. The molecule has 0 spiro atoms. The number of hydrogen-bond acceptors (Lipinski definition) is 5. The van der Waals surface area contributed by atoms with Crippen molar-refractivity contribution in [2.45, 2.75) is 18.9 Å². The highest BCUT2D eigenvalue weighted by molar-refractivity contribution is 5.96. The zero-order chi connectivity index (χ0) is 13.7. The van der Waals surface area contributed by atoms with Crippen LogP contribution in [0, 0.1) is 0 Å². The number of ether oxygens (including phenoxy) is 1. The van der Waals surface area contributed by atoms with E-state index in [1.54, 1.807) is 12.3 Å². The molecular weight excluding hydrogens is 244 g/mol. The molecule has 2 rings (SSSR count). The molecule has 0 aliphatic carbocycles. The molecule has 19 heavy (non-hydrogen) atoms. The third-order valence-corrected chi connectivity index (χ3v) is 3.24. The molecule has 1 saturated heterocycles. The van der Waals surface area contributed by atoms with E-state index in [0.29, 0.717) is 5.69 Å². The van der Waals surface area contributed by atoms with Crippen molar-refractivity contribution in [2.75, 3.05) is 37.0 Å². The Bertz CT molecular complexity index is 428. The zero-order valence-corrected chi connectivity index (χ0v) is 11.1. The molecule has 0 bridgehead atoms. The van der Waals surface area contributed by atoms with E-state index >= 15 is 0 Å². The Hall–Kier alpha value is -1.66. The second kappa shape index (κ2) is 6.49. The van der Waals surface area contributed by atoms with Crippen LogP contribution in [0.5, 0.6) is 0 Å². The maximum atomic E-state index is 12.0. The first-order valence-corrected chi connectivity index (χ1v) is 6.50. The molecule has 2 heterocycles. The molecule has 0 radical (unpaired) electrons. The molecule has 1 aromatic heterocycles. The van der Waals surface area contributed by atoms with Crippen molar-refractivity contribution in [3.05, 3.63) is 18.3 Å². The summed E-state index contributed by atoms with van der Waals surface area (Å²) in [5.74, 6) is 0.582. The molecule has 1 aromatic rings. The van der Waals surface area contributed by atoms with E-state index in [4.69, 9.17) is 10.5 Å². The summed E-state index contributed by atoms with van der Waals surface area (Å²) < 4.78 is 5.03. The first-order valence-electron chi connectivity index (χ1n) is 6.50. The average molecular weight is 264 g/mol. The van der Waals surface area contributed by atoms with Crippen LogP contribution in [0.1, 0.15) is 12.8 Å². The van der Waals surface area contributed by atoms with E-state index in [9.17, 15) is 4.79 Å². The minimum Gasteiger partial charge on any atom is -0.370 e. The number of nitrogens with zero attached hydrogens (tertiary/aromatic N) is 2. The lowest BCUT2D eigenvalue weighted by atomic mass is 10.3. The minimum atomic E-state index is -0.633. The third-order valence-electron chi connectivity index (χ3n) is 3.24. The van der Waals surface area contributed by atoms with E-state index in [-0.39, 0.29) is 12.5 Å². The number of hydrogen-bond donors (Lipinski definition) is 2. The van der Waals surface area contributed by atoms with Gasteiger partial charge in [-0.05, 0) is 25.0 Å². The number of nitrogens with one attached hydrogen (secondary N) is 1. The van der Waals surface area contributed by atoms with Crippen LogP contribution in [0.15, 0.2) is 18.3 Å². The lowest BCUT2D eigenvalue weighted by Gasteiger charge is -2.21. The van der Waals surface area contributed by atoms with Gasteiger partial charge in [-0.15, -0.1) is 0 Å². The lowest BCUT2D eigenvalue weighted by molar-refractivity contribution is -0.125. The van der Waals surface area contributed by atoms with Gasteiger partial charge in [0.15, 0.2) is 5.82 Å². The van der Waals surface area contributed by atoms with Gasteiger partial charge in [0, 0.05) is 32.9 Å². The molecule has 0 aromatic carbocycles. The fourth-order valence-electron chi connectivity index (χ4n) is 2.20. The summed E-state index contributed by atoms with van der Waals surface area (Å²) in [6, 6.07) is 3.65. The van der Waals surface area contributed by atoms with Crippen LogP contribution >= 0.6 is 0 Å². The maximum absolute atomic E-state index is 12.0. The number of carbonyl (C=O) groups is 1. The van der Waals surface area contributed by atoms with Crippen molar-refractivity contribution in [1.29, 1.82) is 0 Å². The molecule has 1 aliphatic rings. The topological polar surface area (TPSA) is 80.5 Å². The first-order chi connectivity index (χ1) is 9.26. The highest BCUT2D eigenvalue weighted by atomic mass is 16.5. The van der Waals surface area contributed by atoms with Crippen LogP contribution in [0.3, 0.4) is 0 Å². The van der Waals surface area contributed by atoms with Crippen molar-refractivity contribution < 1.29 is 9.53 Å². The number of pyridine rings is 1. The van der Waals surface area contributed by atoms with Crippen LogP contribution in [-0.4, -0.2) is 43.7 Å². The van der Waals surface area contributed by atoms with Gasteiger partial charge in [-0.1, -0.05) is 0 Å². The summed E-state index contributed by atoms with van der Waals surface area (Å²) in [5.41, 5.74) is 6.20. The van der Waals surface area contributed by atoms with E-state index in [1.807, 2.05) is 6.07 Å². The standard InChI is InChI=1S/C13H20N4O2/c1-19-11(9-14)13(18)16-10-5-4-6-15-12(10)17-7-2-3-8-17/h4-6,11H,2-3,7-9,14H2,1H3,(H,16,18). The van der Waals surface area contributed by atoms with E-state index in [2.05, 4.69) is 15.2 Å². The number of methoxy groups -OCH3 is 1. The number of aromatic nitrogens is 1. The lowest BCUT2D eigenvalue weighted by Crippen LogP contribution is -2.36. The second-order valence-electron chi connectivity index (χ2n) is 4.52. The maximum Gasteiger partial charge on any atom is 0.254 e. The molecular formula is C13H20N4O2. The minimum absolute atomic E-state index is 0.154. The highest BCUT2D eigenvalue weighted by Crippen LogP contribution is 2.26. The summed E-state index contributed by atoms with van der Waals surface area (Å²) in [5, 5.41) is 2.84. The van der Waals surface area contributed by atoms with Crippen LogP contribution < -0.4 is 16.0 Å². The van der Waals surface area contributed by atoms with Crippen LogP contribution in [0.2, 0.25) is 0 Å². The molecule has 1 fully saturated rings. The highest BCUT2D eigenvalue weighted by Gasteiger charge is 2.21. The Kier molecular flexibility index (Phi) is 4.70. The molecule has 104 valence electrons. The quantitative estimate of drug-likeness (QED) is 0.813. The Labute approximate surface area is 112 Å². The number of anilines is 2. The average Bonchev–Trinajstić information content (AvgIpc) is 2.94. The fourth-order valence-corrected chi connectivity index (χ4v) is 2.20. The summed E-state index contributed by atoms with van der Waals surface area (Å²) in [6.07, 6.45) is 3.42. The Balaban J connectivity index is 2.13. The van der Waals surface area contributed by atoms with Gasteiger partial charge in [0.25, 0.3) is 5.91 Å². The zero-order valence-electron chi connectivity index (χ0n) is 11.1. The summed E-state index contributed by atoms with van der Waals surface area (Å²) >= 11 is 0. The van der Waals surface area contributed by atoms with E-state index < -0.39 is 6.10 Å². The molecule has 6 heteroatoms. The van der Waals surface area contributed by atoms with Gasteiger partial charge in [-0.2, -0.15) is 0 Å². The largest absolute Gasteiger partial charge is 0.370 e. The molecule has 6 nitrogen and oxygen atoms in total. The molecule has 1 unspecified atom stereocenters. The second-order valence-corrected chi connectivity index (χ2v) is 4.52. The fraction of sp³-hybridized carbons (Fsp3) is 0.538. The summed E-state index contributed by atoms with van der Waals surface area (Å²) in [4.78, 5) is 18.5. The van der Waals surface area contributed by atoms with Crippen LogP contribution in [-0.2, 0) is 9.53 Å². The third kappa shape index (κ3) is 3.21. The number of nitrogens with two attached hydrogens (primary N) is 1. The Morgan fingerprint density at radius 2 is 2.32 bits per heavy atom. The smallest absolute Gasteiger partial charge is 0.254 e. The summed E-state index contributed by atoms with van der Waals surface area (Å²) in [6.45, 7) is 2.11. The number of amides is 1. The van der Waals surface area contributed by atoms with Crippen LogP contribution in [0.4, 0.5) is 11.5 Å². The van der Waals surface area contributed by atoms with Crippen molar-refractivity contribution in [3.63, 3.8) is 0 Å². The molecule has 3 N–H and O–H groups in total. The van der Waals surface area contributed by atoms with Crippen LogP contribution in [0.25, 0.3) is 0 Å². The molecule has 1 atom stereocenters. The predicted molar refractivity (Wildman–Crippen MR) is 74.2 cm³/mol. The van der Waals surface area contributed by atoms with Gasteiger partial charge in [0.1, 0.15) is 6.10 Å². The number of carbonyl (C=O) groups excluding carboxylic acids is 1. The molecule has 0 saturated carbocycles. The SMILES string of the molecule is COC(CN)C(=O)Nc1cccnc1N1CCCC1. The van der Waals surface area contributed by atoms with Gasteiger partial charge in [0.05, 0.1) is 5.69 Å². The molecule has 1 aliphatic heterocycles. The summed E-state index contributed by atoms with van der Waals surface area (Å²) in [7, 11) is 1.47. The Morgan fingerprint density at radius 1 is 1.58 bits per heavy atom. The van der Waals surface area contributed by atoms with Crippen molar-refractivity contribution >= 4 is 17.4 Å². The van der Waals surface area contributed by atoms with E-state index in [0.717, 1.165) is 31.7 Å². The molecule has 1 amide bonds. The van der Waals surface area contributed by atoms with Gasteiger partial charge >= 0.3 is 0 Å². The monoisotopic (exact) mass is 264 g/mol. The van der Waals surface area contributed by atoms with Gasteiger partial charge in [0.2, 0.25) is 0 Å². The van der Waals surface area contributed by atoms with Gasteiger partial charge in [-0.3, -0.25) is 4.79 Å². The Morgan fingerprint density at radius 3 is 2.95 bits per heavy atom. The van der Waals surface area contributed by atoms with Crippen molar-refractivity contribution in [3.8, 4) is 0 Å². The van der Waals surface area contributed by atoms with Crippen molar-refractivity contribution in [2.24, 2.45) is 5.73 Å².